The molecule has 25 heavy (non-hydrogen) atoms. The van der Waals surface area contributed by atoms with Gasteiger partial charge in [-0.1, -0.05) is 38.1 Å². The van der Waals surface area contributed by atoms with Crippen LogP contribution in [0.15, 0.2) is 57.7 Å². The summed E-state index contributed by atoms with van der Waals surface area (Å²) in [5.41, 5.74) is 3.60. The van der Waals surface area contributed by atoms with Gasteiger partial charge in [0.25, 0.3) is 5.91 Å². The molecule has 4 heteroatoms. The quantitative estimate of drug-likeness (QED) is 0.729. The van der Waals surface area contributed by atoms with Gasteiger partial charge in [0.1, 0.15) is 5.58 Å². The van der Waals surface area contributed by atoms with Crippen molar-refractivity contribution in [1.29, 1.82) is 0 Å². The number of nitrogens with one attached hydrogen (secondary N) is 1. The summed E-state index contributed by atoms with van der Waals surface area (Å²) < 4.78 is 5.28. The van der Waals surface area contributed by atoms with Gasteiger partial charge in [-0.15, -0.1) is 0 Å². The second kappa shape index (κ2) is 6.93. The van der Waals surface area contributed by atoms with Crippen LogP contribution in [0, 0.1) is 6.92 Å². The molecule has 1 heterocycles. The zero-order valence-corrected chi connectivity index (χ0v) is 14.6. The van der Waals surface area contributed by atoms with Crippen LogP contribution in [0.1, 0.15) is 46.8 Å². The minimum absolute atomic E-state index is 0.153. The number of rotatable bonds is 4. The summed E-state index contributed by atoms with van der Waals surface area (Å²) in [6.45, 7) is 6.40. The maximum atomic E-state index is 12.4. The van der Waals surface area contributed by atoms with Gasteiger partial charge >= 0.3 is 5.63 Å². The highest BCUT2D eigenvalue weighted by Crippen LogP contribution is 2.23. The minimum atomic E-state index is -0.412. The lowest BCUT2D eigenvalue weighted by Gasteiger charge is -2.11. The third kappa shape index (κ3) is 3.63. The Morgan fingerprint density at radius 3 is 2.60 bits per heavy atom. The van der Waals surface area contributed by atoms with Gasteiger partial charge in [-0.2, -0.15) is 0 Å². The number of carbonyl (C=O) groups is 1. The van der Waals surface area contributed by atoms with E-state index in [0.29, 0.717) is 17.1 Å². The highest BCUT2D eigenvalue weighted by molar-refractivity contribution is 5.95. The molecule has 128 valence electrons. The number of carbonyl (C=O) groups excluding carboxylic acids is 1. The molecule has 0 radical (unpaired) electrons. The van der Waals surface area contributed by atoms with Gasteiger partial charge in [0.05, 0.1) is 0 Å². The van der Waals surface area contributed by atoms with E-state index in [1.54, 1.807) is 6.07 Å². The Balaban J connectivity index is 1.92. The van der Waals surface area contributed by atoms with Crippen molar-refractivity contribution < 1.29 is 9.21 Å². The lowest BCUT2D eigenvalue weighted by Crippen LogP contribution is -2.24. The van der Waals surface area contributed by atoms with Crippen molar-refractivity contribution in [3.8, 4) is 0 Å². The van der Waals surface area contributed by atoms with Gasteiger partial charge in [-0.3, -0.25) is 4.79 Å². The monoisotopic (exact) mass is 335 g/mol. The van der Waals surface area contributed by atoms with E-state index in [9.17, 15) is 9.59 Å². The first-order chi connectivity index (χ1) is 12.0. The Morgan fingerprint density at radius 2 is 1.88 bits per heavy atom. The molecule has 0 atom stereocenters. The van der Waals surface area contributed by atoms with Crippen molar-refractivity contribution in [2.45, 2.75) is 33.2 Å². The average Bonchev–Trinajstić information content (AvgIpc) is 2.59. The number of hydrogen-bond acceptors (Lipinski definition) is 3. The molecule has 0 bridgehead atoms. The molecule has 1 amide bonds. The largest absolute Gasteiger partial charge is 0.423 e. The molecule has 2 aromatic carbocycles. The van der Waals surface area contributed by atoms with Gasteiger partial charge < -0.3 is 9.73 Å². The van der Waals surface area contributed by atoms with E-state index < -0.39 is 5.63 Å². The Hall–Kier alpha value is -2.88. The molecule has 0 aliphatic heterocycles. The molecule has 3 rings (SSSR count). The Bertz CT molecular complexity index is 986. The zero-order valence-electron chi connectivity index (χ0n) is 14.6. The molecule has 0 aliphatic rings. The van der Waals surface area contributed by atoms with Crippen LogP contribution in [-0.2, 0) is 6.54 Å². The van der Waals surface area contributed by atoms with Crippen LogP contribution >= 0.6 is 0 Å². The van der Waals surface area contributed by atoms with Crippen LogP contribution in [0.2, 0.25) is 0 Å². The van der Waals surface area contributed by atoms with Crippen LogP contribution in [0.25, 0.3) is 11.0 Å². The smallest absolute Gasteiger partial charge is 0.336 e. The third-order valence-corrected chi connectivity index (χ3v) is 4.35. The molecule has 1 N–H and O–H groups in total. The van der Waals surface area contributed by atoms with Gasteiger partial charge in [-0.05, 0) is 47.7 Å². The van der Waals surface area contributed by atoms with Gasteiger partial charge in [0, 0.05) is 23.6 Å². The highest BCUT2D eigenvalue weighted by atomic mass is 16.4. The number of hydrogen-bond donors (Lipinski definition) is 1. The predicted molar refractivity (Wildman–Crippen MR) is 98.9 cm³/mol. The lowest BCUT2D eigenvalue weighted by atomic mass is 9.99. The molecule has 4 nitrogen and oxygen atoms in total. The molecule has 1 aromatic heterocycles. The third-order valence-electron chi connectivity index (χ3n) is 4.35. The molecule has 0 unspecified atom stereocenters. The van der Waals surface area contributed by atoms with Gasteiger partial charge in [-0.25, -0.2) is 4.79 Å². The van der Waals surface area contributed by atoms with Gasteiger partial charge in [0.2, 0.25) is 0 Å². The zero-order chi connectivity index (χ0) is 18.0. The fourth-order valence-electron chi connectivity index (χ4n) is 2.85. The topological polar surface area (TPSA) is 59.3 Å². The minimum Gasteiger partial charge on any atom is -0.423 e. The van der Waals surface area contributed by atoms with Crippen molar-refractivity contribution in [2.24, 2.45) is 0 Å². The number of aryl methyl sites for hydroxylation is 1. The van der Waals surface area contributed by atoms with Crippen molar-refractivity contribution in [2.75, 3.05) is 0 Å². The van der Waals surface area contributed by atoms with Crippen molar-refractivity contribution >= 4 is 16.9 Å². The summed E-state index contributed by atoms with van der Waals surface area (Å²) in [6, 6.07) is 14.7. The Morgan fingerprint density at radius 1 is 1.12 bits per heavy atom. The fourth-order valence-corrected chi connectivity index (χ4v) is 2.85. The molecule has 0 saturated heterocycles. The summed E-state index contributed by atoms with van der Waals surface area (Å²) in [5, 5.41) is 3.76. The molecule has 3 aromatic rings. The van der Waals surface area contributed by atoms with E-state index in [-0.39, 0.29) is 12.5 Å². The number of fused-ring (bicyclic) bond motifs is 1. The average molecular weight is 335 g/mol. The summed E-state index contributed by atoms with van der Waals surface area (Å²) >= 11 is 0. The highest BCUT2D eigenvalue weighted by Gasteiger charge is 2.11. The van der Waals surface area contributed by atoms with Crippen LogP contribution in [-0.4, -0.2) is 5.91 Å². The first kappa shape index (κ1) is 17.0. The summed E-state index contributed by atoms with van der Waals surface area (Å²) in [6.07, 6.45) is 0. The van der Waals surface area contributed by atoms with E-state index in [1.165, 1.54) is 6.07 Å². The fraction of sp³-hybridized carbons (Fsp3) is 0.238. The second-order valence-electron chi connectivity index (χ2n) is 6.50. The van der Waals surface area contributed by atoms with Crippen LogP contribution in [0.5, 0.6) is 0 Å². The van der Waals surface area contributed by atoms with E-state index in [0.717, 1.165) is 22.1 Å². The number of benzene rings is 2. The first-order valence-electron chi connectivity index (χ1n) is 8.36. The van der Waals surface area contributed by atoms with Crippen LogP contribution in [0.4, 0.5) is 0 Å². The maximum absolute atomic E-state index is 12.4. The summed E-state index contributed by atoms with van der Waals surface area (Å²) in [5.74, 6) is 0.213. The Labute approximate surface area is 146 Å². The molecule has 0 spiro atoms. The van der Waals surface area contributed by atoms with E-state index in [4.69, 9.17) is 4.42 Å². The van der Waals surface area contributed by atoms with Crippen molar-refractivity contribution in [3.63, 3.8) is 0 Å². The predicted octanol–water partition coefficient (Wildman–Crippen LogP) is 4.15. The summed E-state index contributed by atoms with van der Waals surface area (Å²) in [7, 11) is 0. The van der Waals surface area contributed by atoms with Crippen LogP contribution < -0.4 is 10.9 Å². The molecular weight excluding hydrogens is 314 g/mol. The molecule has 0 fully saturated rings. The molecule has 0 saturated carbocycles. The number of amides is 1. The van der Waals surface area contributed by atoms with Crippen molar-refractivity contribution in [3.05, 3.63) is 81.2 Å². The van der Waals surface area contributed by atoms with E-state index in [1.807, 2.05) is 43.3 Å². The second-order valence-corrected chi connectivity index (χ2v) is 6.50. The lowest BCUT2D eigenvalue weighted by molar-refractivity contribution is 0.0950. The van der Waals surface area contributed by atoms with E-state index in [2.05, 4.69) is 19.2 Å². The molecule has 0 aliphatic carbocycles. The standard InChI is InChI=1S/C21H21NO3/c1-13(2)15-8-9-19-18(10-15)16(11-20(23)25-19)12-22-21(24)17-7-5-4-6-14(17)3/h4-11,13H,12H2,1-3H3,(H,22,24). The normalized spacial score (nSPS) is 11.0. The summed E-state index contributed by atoms with van der Waals surface area (Å²) in [4.78, 5) is 24.2. The molecular formula is C21H21NO3. The van der Waals surface area contributed by atoms with E-state index >= 15 is 0 Å². The first-order valence-corrected chi connectivity index (χ1v) is 8.36. The van der Waals surface area contributed by atoms with Gasteiger partial charge in [0.15, 0.2) is 0 Å². The van der Waals surface area contributed by atoms with Crippen molar-refractivity contribution in [1.82, 2.24) is 5.32 Å². The Kier molecular flexibility index (Phi) is 4.70. The maximum Gasteiger partial charge on any atom is 0.336 e. The SMILES string of the molecule is Cc1ccccc1C(=O)NCc1cc(=O)oc2ccc(C(C)C)cc12. The van der Waals surface area contributed by atoms with Crippen LogP contribution in [0.3, 0.4) is 0 Å².